The molecule has 4 nitrogen and oxygen atoms in total. The Morgan fingerprint density at radius 3 is 2.88 bits per heavy atom. The molecule has 0 aliphatic carbocycles. The largest absolute Gasteiger partial charge is 0.497 e. The zero-order valence-electron chi connectivity index (χ0n) is 17.9. The number of rotatable bonds is 6. The van der Waals surface area contributed by atoms with Gasteiger partial charge in [-0.15, -0.1) is 11.3 Å². The maximum absolute atomic E-state index is 15.2. The Bertz CT molecular complexity index is 1250. The molecule has 1 aliphatic rings. The molecule has 1 aliphatic heterocycles. The molecule has 1 amide bonds. The van der Waals surface area contributed by atoms with Crippen molar-refractivity contribution in [1.29, 1.82) is 0 Å². The second-order valence-electron chi connectivity index (χ2n) is 8.12. The van der Waals surface area contributed by atoms with E-state index in [-0.39, 0.29) is 11.7 Å². The van der Waals surface area contributed by atoms with Crippen molar-refractivity contribution in [2.45, 2.75) is 31.7 Å². The van der Waals surface area contributed by atoms with E-state index in [9.17, 15) is 4.79 Å². The third-order valence-corrected chi connectivity index (χ3v) is 7.19. The molecule has 5 rings (SSSR count). The van der Waals surface area contributed by atoms with Crippen LogP contribution in [-0.4, -0.2) is 29.4 Å². The zero-order valence-corrected chi connectivity index (χ0v) is 18.8. The molecule has 0 bridgehead atoms. The van der Waals surface area contributed by atoms with Crippen LogP contribution in [0.1, 0.15) is 40.6 Å². The Kier molecular flexibility index (Phi) is 5.70. The maximum Gasteiger partial charge on any atom is 0.223 e. The monoisotopic (exact) mass is 448 g/mol. The van der Waals surface area contributed by atoms with Gasteiger partial charge in [0, 0.05) is 46.1 Å². The van der Waals surface area contributed by atoms with Crippen LogP contribution in [0.25, 0.3) is 10.9 Å². The standard InChI is InChI=1S/C26H25FN2O2S/c1-31-17-11-12-21(22(27)16-17)26-25-20(19-8-2-3-9-23(19)28-25)13-14-29(26)24(30)10-4-6-18-7-5-15-32-18/h2-3,5,7-9,11-12,15-16,26,28H,4,6,10,13-14H2,1H3/t26-/m1/s1. The summed E-state index contributed by atoms with van der Waals surface area (Å²) in [6.07, 6.45) is 2.87. The normalized spacial score (nSPS) is 15.7. The number of ether oxygens (including phenoxy) is 1. The van der Waals surface area contributed by atoms with Gasteiger partial charge in [0.2, 0.25) is 5.91 Å². The van der Waals surface area contributed by atoms with Crippen molar-refractivity contribution < 1.29 is 13.9 Å². The van der Waals surface area contributed by atoms with Crippen LogP contribution >= 0.6 is 11.3 Å². The maximum atomic E-state index is 15.2. The Morgan fingerprint density at radius 2 is 2.09 bits per heavy atom. The smallest absolute Gasteiger partial charge is 0.223 e. The summed E-state index contributed by atoms with van der Waals surface area (Å²) in [7, 11) is 1.52. The van der Waals surface area contributed by atoms with E-state index in [1.165, 1.54) is 23.6 Å². The molecule has 0 spiro atoms. The number of carbonyl (C=O) groups is 1. The number of amides is 1. The molecule has 0 radical (unpaired) electrons. The quantitative estimate of drug-likeness (QED) is 0.401. The number of benzene rings is 2. The molecule has 4 aromatic rings. The first-order valence-corrected chi connectivity index (χ1v) is 11.8. The van der Waals surface area contributed by atoms with Crippen LogP contribution < -0.4 is 4.74 Å². The van der Waals surface area contributed by atoms with Gasteiger partial charge in [0.05, 0.1) is 7.11 Å². The van der Waals surface area contributed by atoms with Gasteiger partial charge in [0.1, 0.15) is 17.6 Å². The molecule has 1 atom stereocenters. The van der Waals surface area contributed by atoms with Gasteiger partial charge >= 0.3 is 0 Å². The molecular weight excluding hydrogens is 423 g/mol. The molecule has 3 heterocycles. The van der Waals surface area contributed by atoms with E-state index in [0.29, 0.717) is 24.3 Å². The van der Waals surface area contributed by atoms with Gasteiger partial charge in [0.25, 0.3) is 0 Å². The van der Waals surface area contributed by atoms with E-state index in [2.05, 4.69) is 22.5 Å². The number of nitrogens with zero attached hydrogens (tertiary/aromatic N) is 1. The lowest BCUT2D eigenvalue weighted by Gasteiger charge is -2.36. The molecule has 6 heteroatoms. The highest BCUT2D eigenvalue weighted by Crippen LogP contribution is 2.40. The van der Waals surface area contributed by atoms with Crippen LogP contribution in [0.5, 0.6) is 5.75 Å². The minimum Gasteiger partial charge on any atom is -0.497 e. The number of methoxy groups -OCH3 is 1. The summed E-state index contributed by atoms with van der Waals surface area (Å²) in [5.41, 5.74) is 3.59. The fraction of sp³-hybridized carbons (Fsp3) is 0.269. The fourth-order valence-electron chi connectivity index (χ4n) is 4.70. The number of nitrogens with one attached hydrogen (secondary N) is 1. The minimum absolute atomic E-state index is 0.0612. The van der Waals surface area contributed by atoms with Crippen LogP contribution in [0, 0.1) is 5.82 Å². The molecule has 2 aromatic heterocycles. The Balaban J connectivity index is 1.50. The number of aromatic nitrogens is 1. The van der Waals surface area contributed by atoms with Gasteiger partial charge in [-0.25, -0.2) is 4.39 Å². The number of hydrogen-bond donors (Lipinski definition) is 1. The molecular formula is C26H25FN2O2S. The van der Waals surface area contributed by atoms with Crippen LogP contribution in [-0.2, 0) is 17.6 Å². The van der Waals surface area contributed by atoms with Crippen molar-refractivity contribution in [2.24, 2.45) is 0 Å². The highest BCUT2D eigenvalue weighted by Gasteiger charge is 2.35. The van der Waals surface area contributed by atoms with Crippen molar-refractivity contribution >= 4 is 28.1 Å². The summed E-state index contributed by atoms with van der Waals surface area (Å²) in [4.78, 5) is 20.0. The summed E-state index contributed by atoms with van der Waals surface area (Å²) < 4.78 is 20.4. The number of hydrogen-bond acceptors (Lipinski definition) is 3. The number of aromatic amines is 1. The lowest BCUT2D eigenvalue weighted by Crippen LogP contribution is -2.41. The molecule has 2 aromatic carbocycles. The number of carbonyl (C=O) groups excluding carboxylic acids is 1. The molecule has 0 fully saturated rings. The number of halogens is 1. The van der Waals surface area contributed by atoms with Gasteiger partial charge in [-0.05, 0) is 54.5 Å². The van der Waals surface area contributed by atoms with Crippen molar-refractivity contribution in [2.75, 3.05) is 13.7 Å². The lowest BCUT2D eigenvalue weighted by atomic mass is 9.91. The first-order chi connectivity index (χ1) is 15.7. The Morgan fingerprint density at radius 1 is 1.22 bits per heavy atom. The zero-order chi connectivity index (χ0) is 22.1. The molecule has 0 saturated carbocycles. The van der Waals surface area contributed by atoms with Crippen molar-refractivity contribution in [3.8, 4) is 5.75 Å². The number of thiophene rings is 1. The van der Waals surface area contributed by atoms with Crippen molar-refractivity contribution in [1.82, 2.24) is 9.88 Å². The van der Waals surface area contributed by atoms with Gasteiger partial charge in [-0.1, -0.05) is 24.3 Å². The summed E-state index contributed by atoms with van der Waals surface area (Å²) in [6.45, 7) is 0.572. The Labute approximate surface area is 190 Å². The van der Waals surface area contributed by atoms with Gasteiger partial charge < -0.3 is 14.6 Å². The second-order valence-corrected chi connectivity index (χ2v) is 9.16. The topological polar surface area (TPSA) is 45.3 Å². The van der Waals surface area contributed by atoms with Crippen molar-refractivity contribution in [3.63, 3.8) is 0 Å². The highest BCUT2D eigenvalue weighted by atomic mass is 32.1. The molecule has 0 saturated heterocycles. The first-order valence-electron chi connectivity index (χ1n) is 10.9. The average Bonchev–Trinajstić information content (AvgIpc) is 3.46. The third kappa shape index (κ3) is 3.79. The molecule has 32 heavy (non-hydrogen) atoms. The summed E-state index contributed by atoms with van der Waals surface area (Å²) in [5.74, 6) is 0.163. The lowest BCUT2D eigenvalue weighted by molar-refractivity contribution is -0.133. The fourth-order valence-corrected chi connectivity index (χ4v) is 5.45. The highest BCUT2D eigenvalue weighted by molar-refractivity contribution is 7.09. The molecule has 0 unspecified atom stereocenters. The van der Waals surface area contributed by atoms with Gasteiger partial charge in [-0.2, -0.15) is 0 Å². The van der Waals surface area contributed by atoms with Gasteiger partial charge in [-0.3, -0.25) is 4.79 Å². The number of fused-ring (bicyclic) bond motifs is 3. The van der Waals surface area contributed by atoms with Gasteiger partial charge in [0.15, 0.2) is 0 Å². The number of aryl methyl sites for hydroxylation is 1. The van der Waals surface area contributed by atoms with E-state index in [4.69, 9.17) is 4.74 Å². The SMILES string of the molecule is COc1ccc([C@@H]2c3[nH]c4ccccc4c3CCN2C(=O)CCCc2cccs2)c(F)c1. The predicted octanol–water partition coefficient (Wildman–Crippen LogP) is 5.87. The third-order valence-electron chi connectivity index (χ3n) is 6.25. The van der Waals surface area contributed by atoms with Crippen LogP contribution in [0.15, 0.2) is 60.0 Å². The molecule has 164 valence electrons. The van der Waals surface area contributed by atoms with E-state index in [1.807, 2.05) is 29.2 Å². The van der Waals surface area contributed by atoms with Crippen LogP contribution in [0.4, 0.5) is 4.39 Å². The molecule has 1 N–H and O–H groups in total. The van der Waals surface area contributed by atoms with E-state index >= 15 is 4.39 Å². The first kappa shape index (κ1) is 20.8. The summed E-state index contributed by atoms with van der Waals surface area (Å²) >= 11 is 1.71. The second kappa shape index (κ2) is 8.79. The number of H-pyrrole nitrogens is 1. The predicted molar refractivity (Wildman–Crippen MR) is 126 cm³/mol. The average molecular weight is 449 g/mol. The van der Waals surface area contributed by atoms with Crippen molar-refractivity contribution in [3.05, 3.63) is 87.5 Å². The Hall–Kier alpha value is -3.12. The minimum atomic E-state index is -0.480. The number of para-hydroxylation sites is 1. The van der Waals surface area contributed by atoms with Crippen LogP contribution in [0.2, 0.25) is 0 Å². The summed E-state index contributed by atoms with van der Waals surface area (Å²) in [5, 5.41) is 3.20. The van der Waals surface area contributed by atoms with E-state index in [0.717, 1.165) is 35.9 Å². The van der Waals surface area contributed by atoms with Crippen LogP contribution in [0.3, 0.4) is 0 Å². The van der Waals surface area contributed by atoms with E-state index < -0.39 is 6.04 Å². The summed E-state index contributed by atoms with van der Waals surface area (Å²) in [6, 6.07) is 16.7. The van der Waals surface area contributed by atoms with E-state index in [1.54, 1.807) is 23.5 Å².